The van der Waals surface area contributed by atoms with E-state index in [4.69, 9.17) is 26.7 Å². The predicted molar refractivity (Wildman–Crippen MR) is 62.5 cm³/mol. The van der Waals surface area contributed by atoms with E-state index in [1.54, 1.807) is 25.3 Å². The zero-order chi connectivity index (χ0) is 12.0. The predicted octanol–water partition coefficient (Wildman–Crippen LogP) is 1.63. The lowest BCUT2D eigenvalue weighted by molar-refractivity contribution is 0.153. The van der Waals surface area contributed by atoms with Crippen molar-refractivity contribution in [1.29, 1.82) is 5.26 Å². The highest BCUT2D eigenvalue weighted by molar-refractivity contribution is 6.33. The number of nitrogens with one attached hydrogen (secondary N) is 1. The third-order valence-electron chi connectivity index (χ3n) is 2.05. The first kappa shape index (κ1) is 12.8. The molecule has 0 spiro atoms. The molecule has 0 radical (unpaired) electrons. The number of ether oxygens (including phenoxy) is 1. The first-order valence-corrected chi connectivity index (χ1v) is 5.15. The summed E-state index contributed by atoms with van der Waals surface area (Å²) >= 11 is 5.97. The Morgan fingerprint density at radius 3 is 2.88 bits per heavy atom. The minimum Gasteiger partial charge on any atom is -0.394 e. The number of rotatable bonds is 5. The number of benzene rings is 1. The quantitative estimate of drug-likeness (QED) is 0.821. The fourth-order valence-corrected chi connectivity index (χ4v) is 1.50. The molecule has 0 aromatic heterocycles. The Morgan fingerprint density at radius 1 is 1.62 bits per heavy atom. The van der Waals surface area contributed by atoms with Crippen molar-refractivity contribution in [1.82, 2.24) is 0 Å². The lowest BCUT2D eigenvalue weighted by Crippen LogP contribution is -2.28. The van der Waals surface area contributed by atoms with Crippen LogP contribution in [0, 0.1) is 11.3 Å². The number of nitrogens with zero attached hydrogens (tertiary/aromatic N) is 1. The van der Waals surface area contributed by atoms with Crippen molar-refractivity contribution in [3.8, 4) is 6.07 Å². The number of aliphatic hydroxyl groups is 1. The average molecular weight is 241 g/mol. The summed E-state index contributed by atoms with van der Waals surface area (Å²) in [6.07, 6.45) is 0. The fraction of sp³-hybridized carbons (Fsp3) is 0.364. The zero-order valence-electron chi connectivity index (χ0n) is 8.90. The highest BCUT2D eigenvalue weighted by atomic mass is 35.5. The Bertz CT molecular complexity index is 390. The smallest absolute Gasteiger partial charge is 0.0992 e. The van der Waals surface area contributed by atoms with Gasteiger partial charge in [-0.05, 0) is 18.2 Å². The number of anilines is 1. The molecule has 5 heteroatoms. The summed E-state index contributed by atoms with van der Waals surface area (Å²) in [5.74, 6) is 0. The van der Waals surface area contributed by atoms with Crippen molar-refractivity contribution < 1.29 is 9.84 Å². The molecule has 0 bridgehead atoms. The molecule has 0 fully saturated rings. The zero-order valence-corrected chi connectivity index (χ0v) is 9.66. The number of methoxy groups -OCH3 is 1. The first-order chi connectivity index (χ1) is 7.71. The van der Waals surface area contributed by atoms with Gasteiger partial charge < -0.3 is 15.2 Å². The minimum absolute atomic E-state index is 0.0514. The molecule has 1 aromatic rings. The van der Waals surface area contributed by atoms with Crippen LogP contribution in [0.1, 0.15) is 5.56 Å². The molecule has 1 unspecified atom stereocenters. The molecule has 1 aromatic carbocycles. The molecule has 0 aliphatic carbocycles. The van der Waals surface area contributed by atoms with E-state index in [2.05, 4.69) is 5.32 Å². The van der Waals surface area contributed by atoms with Gasteiger partial charge in [0.15, 0.2) is 0 Å². The summed E-state index contributed by atoms with van der Waals surface area (Å²) in [7, 11) is 1.56. The van der Waals surface area contributed by atoms with Crippen molar-refractivity contribution in [2.24, 2.45) is 0 Å². The molecule has 1 atom stereocenters. The molecule has 0 saturated heterocycles. The van der Waals surface area contributed by atoms with Crippen LogP contribution in [0.3, 0.4) is 0 Å². The lowest BCUT2D eigenvalue weighted by atomic mass is 10.2. The van der Waals surface area contributed by atoms with Crippen LogP contribution in [-0.2, 0) is 4.74 Å². The van der Waals surface area contributed by atoms with Crippen LogP contribution >= 0.6 is 11.6 Å². The van der Waals surface area contributed by atoms with Gasteiger partial charge >= 0.3 is 0 Å². The van der Waals surface area contributed by atoms with Gasteiger partial charge in [0.25, 0.3) is 0 Å². The summed E-state index contributed by atoms with van der Waals surface area (Å²) < 4.78 is 4.93. The number of hydrogen-bond donors (Lipinski definition) is 2. The maximum Gasteiger partial charge on any atom is 0.0992 e. The number of nitriles is 1. The standard InChI is InChI=1S/C11H13ClN2O2/c1-16-7-9(6-15)14-11-3-2-8(5-13)4-10(11)12/h2-4,9,14-15H,6-7H2,1H3. The summed E-state index contributed by atoms with van der Waals surface area (Å²) in [6.45, 7) is 0.330. The first-order valence-electron chi connectivity index (χ1n) is 4.77. The third-order valence-corrected chi connectivity index (χ3v) is 2.36. The SMILES string of the molecule is COCC(CO)Nc1ccc(C#N)cc1Cl. The van der Waals surface area contributed by atoms with E-state index in [1.165, 1.54) is 0 Å². The molecule has 0 amide bonds. The molecule has 1 rings (SSSR count). The molecule has 0 aliphatic heterocycles. The highest BCUT2D eigenvalue weighted by Gasteiger charge is 2.09. The van der Waals surface area contributed by atoms with Crippen LogP contribution in [0.15, 0.2) is 18.2 Å². The van der Waals surface area contributed by atoms with Crippen LogP contribution in [0.4, 0.5) is 5.69 Å². The van der Waals surface area contributed by atoms with Crippen molar-refractivity contribution >= 4 is 17.3 Å². The topological polar surface area (TPSA) is 65.3 Å². The van der Waals surface area contributed by atoms with Crippen LogP contribution in [-0.4, -0.2) is 31.5 Å². The van der Waals surface area contributed by atoms with Crippen molar-refractivity contribution in [2.75, 3.05) is 25.6 Å². The average Bonchev–Trinajstić information content (AvgIpc) is 2.30. The van der Waals surface area contributed by atoms with Crippen LogP contribution in [0.2, 0.25) is 5.02 Å². The highest BCUT2D eigenvalue weighted by Crippen LogP contribution is 2.23. The summed E-state index contributed by atoms with van der Waals surface area (Å²) in [5, 5.41) is 21.2. The summed E-state index contributed by atoms with van der Waals surface area (Å²) in [5.41, 5.74) is 1.18. The van der Waals surface area contributed by atoms with Gasteiger partial charge in [-0.25, -0.2) is 0 Å². The van der Waals surface area contributed by atoms with Gasteiger partial charge in [-0.1, -0.05) is 11.6 Å². The Balaban J connectivity index is 2.77. The van der Waals surface area contributed by atoms with Crippen molar-refractivity contribution in [3.05, 3.63) is 28.8 Å². The van der Waals surface area contributed by atoms with Crippen LogP contribution < -0.4 is 5.32 Å². The second-order valence-electron chi connectivity index (χ2n) is 3.29. The van der Waals surface area contributed by atoms with E-state index in [-0.39, 0.29) is 12.6 Å². The molecule has 16 heavy (non-hydrogen) atoms. The van der Waals surface area contributed by atoms with Crippen LogP contribution in [0.25, 0.3) is 0 Å². The van der Waals surface area contributed by atoms with Crippen molar-refractivity contribution in [3.63, 3.8) is 0 Å². The van der Waals surface area contributed by atoms with E-state index in [0.717, 1.165) is 0 Å². The summed E-state index contributed by atoms with van der Waals surface area (Å²) in [6, 6.07) is 6.73. The molecule has 86 valence electrons. The van der Waals surface area contributed by atoms with Crippen LogP contribution in [0.5, 0.6) is 0 Å². The molecular formula is C11H13ClN2O2. The maximum absolute atomic E-state index is 9.07. The second kappa shape index (κ2) is 6.33. The van der Waals surface area contributed by atoms with Gasteiger partial charge in [0.1, 0.15) is 0 Å². The largest absolute Gasteiger partial charge is 0.394 e. The van der Waals surface area contributed by atoms with E-state index in [0.29, 0.717) is 22.9 Å². The van der Waals surface area contributed by atoms with Gasteiger partial charge in [-0.15, -0.1) is 0 Å². The minimum atomic E-state index is -0.213. The van der Waals surface area contributed by atoms with Gasteiger partial charge in [0.05, 0.1) is 41.6 Å². The fourth-order valence-electron chi connectivity index (χ4n) is 1.26. The molecule has 0 saturated carbocycles. The van der Waals surface area contributed by atoms with E-state index >= 15 is 0 Å². The third kappa shape index (κ3) is 3.38. The molecule has 0 aliphatic rings. The Labute approximate surface area is 99.4 Å². The van der Waals surface area contributed by atoms with Gasteiger partial charge in [-0.3, -0.25) is 0 Å². The number of halogens is 1. The van der Waals surface area contributed by atoms with Gasteiger partial charge in [0, 0.05) is 7.11 Å². The van der Waals surface area contributed by atoms with E-state index in [1.807, 2.05) is 6.07 Å². The second-order valence-corrected chi connectivity index (χ2v) is 3.69. The van der Waals surface area contributed by atoms with Gasteiger partial charge in [0.2, 0.25) is 0 Å². The monoisotopic (exact) mass is 240 g/mol. The molecule has 2 N–H and O–H groups in total. The van der Waals surface area contributed by atoms with Gasteiger partial charge in [-0.2, -0.15) is 5.26 Å². The maximum atomic E-state index is 9.07. The normalized spacial score (nSPS) is 11.9. The number of hydrogen-bond acceptors (Lipinski definition) is 4. The molecule has 0 heterocycles. The van der Waals surface area contributed by atoms with E-state index < -0.39 is 0 Å². The molecule has 4 nitrogen and oxygen atoms in total. The lowest BCUT2D eigenvalue weighted by Gasteiger charge is -2.17. The molecular weight excluding hydrogens is 228 g/mol. The Kier molecular flexibility index (Phi) is 5.06. The van der Waals surface area contributed by atoms with Crippen molar-refractivity contribution in [2.45, 2.75) is 6.04 Å². The Morgan fingerprint density at radius 2 is 2.38 bits per heavy atom. The summed E-state index contributed by atoms with van der Waals surface area (Å²) in [4.78, 5) is 0. The van der Waals surface area contributed by atoms with E-state index in [9.17, 15) is 0 Å². The number of aliphatic hydroxyl groups excluding tert-OH is 1. The Hall–Kier alpha value is -1.28.